The van der Waals surface area contributed by atoms with Crippen LogP contribution in [0.15, 0.2) is 85.1 Å². The molecule has 0 aliphatic carbocycles. The van der Waals surface area contributed by atoms with Gasteiger partial charge in [0.2, 0.25) is 0 Å². The van der Waals surface area contributed by atoms with E-state index in [-0.39, 0.29) is 5.91 Å². The zero-order valence-corrected chi connectivity index (χ0v) is 18.3. The first-order valence-corrected chi connectivity index (χ1v) is 10.7. The average molecular weight is 433 g/mol. The zero-order chi connectivity index (χ0) is 21.6. The number of aromatic nitrogens is 1. The van der Waals surface area contributed by atoms with Crippen molar-refractivity contribution in [1.29, 1.82) is 0 Å². The molecule has 31 heavy (non-hydrogen) atoms. The molecule has 0 saturated carbocycles. The molecule has 0 fully saturated rings. The minimum absolute atomic E-state index is 0.00403. The smallest absolute Gasteiger partial charge is 0.254 e. The Kier molecular flexibility index (Phi) is 6.70. The first-order chi connectivity index (χ1) is 15.2. The van der Waals surface area contributed by atoms with E-state index >= 15 is 0 Å². The number of hydrogen-bond acceptors (Lipinski definition) is 2. The van der Waals surface area contributed by atoms with Gasteiger partial charge >= 0.3 is 0 Å². The molecular weight excluding hydrogens is 408 g/mol. The van der Waals surface area contributed by atoms with Crippen LogP contribution in [0.3, 0.4) is 0 Å². The number of methoxy groups -OCH3 is 1. The van der Waals surface area contributed by atoms with Crippen LogP contribution in [0, 0.1) is 0 Å². The van der Waals surface area contributed by atoms with Gasteiger partial charge in [0.05, 0.1) is 13.2 Å². The summed E-state index contributed by atoms with van der Waals surface area (Å²) in [6, 6.07) is 25.8. The predicted molar refractivity (Wildman–Crippen MR) is 126 cm³/mol. The van der Waals surface area contributed by atoms with Gasteiger partial charge in [0, 0.05) is 42.7 Å². The average Bonchev–Trinajstić information content (AvgIpc) is 3.22. The molecule has 1 heterocycles. The molecule has 4 rings (SSSR count). The summed E-state index contributed by atoms with van der Waals surface area (Å²) < 4.78 is 7.44. The van der Waals surface area contributed by atoms with Crippen LogP contribution >= 0.6 is 11.6 Å². The lowest BCUT2D eigenvalue weighted by molar-refractivity contribution is 0.0678. The van der Waals surface area contributed by atoms with Crippen molar-refractivity contribution < 1.29 is 9.53 Å². The summed E-state index contributed by atoms with van der Waals surface area (Å²) in [5, 5.41) is 2.75. The number of amides is 1. The second kappa shape index (κ2) is 9.82. The Bertz CT molecular complexity index is 1180. The highest BCUT2D eigenvalue weighted by Crippen LogP contribution is 2.21. The molecule has 158 valence electrons. The van der Waals surface area contributed by atoms with Crippen molar-refractivity contribution in [2.24, 2.45) is 0 Å². The Labute approximate surface area is 187 Å². The Morgan fingerprint density at radius 3 is 2.65 bits per heavy atom. The third-order valence-electron chi connectivity index (χ3n) is 5.39. The van der Waals surface area contributed by atoms with E-state index in [1.54, 1.807) is 7.11 Å². The Morgan fingerprint density at radius 2 is 1.81 bits per heavy atom. The fraction of sp³-hybridized carbons (Fsp3) is 0.192. The molecule has 0 unspecified atom stereocenters. The van der Waals surface area contributed by atoms with E-state index in [1.165, 1.54) is 0 Å². The SMILES string of the molecule is COCCN(Cc1cccn1Cc1cccc(Cl)c1)C(=O)c1cccc2ccccc12. The van der Waals surface area contributed by atoms with Crippen molar-refractivity contribution in [2.75, 3.05) is 20.3 Å². The van der Waals surface area contributed by atoms with Crippen LogP contribution in [0.4, 0.5) is 0 Å². The first-order valence-electron chi connectivity index (χ1n) is 10.3. The number of hydrogen-bond donors (Lipinski definition) is 0. The maximum atomic E-state index is 13.5. The van der Waals surface area contributed by atoms with Gasteiger partial charge in [-0.3, -0.25) is 4.79 Å². The Hall–Kier alpha value is -3.08. The molecule has 4 nitrogen and oxygen atoms in total. The lowest BCUT2D eigenvalue weighted by atomic mass is 10.0. The summed E-state index contributed by atoms with van der Waals surface area (Å²) in [5.74, 6) is 0.00403. The molecule has 0 spiro atoms. The summed E-state index contributed by atoms with van der Waals surface area (Å²) in [5.41, 5.74) is 2.89. The van der Waals surface area contributed by atoms with Crippen molar-refractivity contribution >= 4 is 28.3 Å². The Balaban J connectivity index is 1.61. The van der Waals surface area contributed by atoms with Crippen molar-refractivity contribution in [3.8, 4) is 0 Å². The number of rotatable bonds is 8. The first kappa shape index (κ1) is 21.2. The van der Waals surface area contributed by atoms with Gasteiger partial charge in [-0.2, -0.15) is 0 Å². The molecule has 0 bridgehead atoms. The van der Waals surface area contributed by atoms with Crippen LogP contribution in [0.2, 0.25) is 5.02 Å². The van der Waals surface area contributed by atoms with Crippen LogP contribution in [-0.2, 0) is 17.8 Å². The molecule has 0 N–H and O–H groups in total. The maximum Gasteiger partial charge on any atom is 0.254 e. The van der Waals surface area contributed by atoms with Gasteiger partial charge in [-0.25, -0.2) is 0 Å². The van der Waals surface area contributed by atoms with Gasteiger partial charge in [-0.05, 0) is 46.7 Å². The van der Waals surface area contributed by atoms with Gasteiger partial charge in [0.15, 0.2) is 0 Å². The molecule has 0 saturated heterocycles. The molecule has 0 aliphatic rings. The van der Waals surface area contributed by atoms with E-state index in [4.69, 9.17) is 16.3 Å². The number of fused-ring (bicyclic) bond motifs is 1. The molecule has 1 aromatic heterocycles. The van der Waals surface area contributed by atoms with E-state index in [0.717, 1.165) is 27.1 Å². The van der Waals surface area contributed by atoms with Gasteiger partial charge in [-0.1, -0.05) is 60.1 Å². The van der Waals surface area contributed by atoms with E-state index in [1.807, 2.05) is 77.8 Å². The molecule has 0 atom stereocenters. The number of nitrogens with zero attached hydrogens (tertiary/aromatic N) is 2. The highest BCUT2D eigenvalue weighted by Gasteiger charge is 2.19. The second-order valence-electron chi connectivity index (χ2n) is 7.50. The maximum absolute atomic E-state index is 13.5. The monoisotopic (exact) mass is 432 g/mol. The lowest BCUT2D eigenvalue weighted by Gasteiger charge is -2.24. The fourth-order valence-corrected chi connectivity index (χ4v) is 4.02. The van der Waals surface area contributed by atoms with Crippen LogP contribution in [0.1, 0.15) is 21.6 Å². The third kappa shape index (κ3) is 4.98. The predicted octanol–water partition coefficient (Wildman–Crippen LogP) is 5.63. The fourth-order valence-electron chi connectivity index (χ4n) is 3.81. The van der Waals surface area contributed by atoms with E-state index in [0.29, 0.717) is 31.8 Å². The van der Waals surface area contributed by atoms with Crippen molar-refractivity contribution in [2.45, 2.75) is 13.1 Å². The van der Waals surface area contributed by atoms with Crippen LogP contribution < -0.4 is 0 Å². The van der Waals surface area contributed by atoms with Crippen molar-refractivity contribution in [3.05, 3.63) is 107 Å². The number of benzene rings is 3. The molecule has 0 radical (unpaired) electrons. The molecule has 5 heteroatoms. The number of carbonyl (C=O) groups is 1. The molecule has 4 aromatic rings. The number of halogens is 1. The van der Waals surface area contributed by atoms with Gasteiger partial charge in [0.25, 0.3) is 5.91 Å². The largest absolute Gasteiger partial charge is 0.383 e. The number of ether oxygens (including phenoxy) is 1. The van der Waals surface area contributed by atoms with E-state index in [9.17, 15) is 4.79 Å². The lowest BCUT2D eigenvalue weighted by Crippen LogP contribution is -2.34. The third-order valence-corrected chi connectivity index (χ3v) is 5.63. The van der Waals surface area contributed by atoms with Crippen LogP contribution in [-0.4, -0.2) is 35.6 Å². The zero-order valence-electron chi connectivity index (χ0n) is 17.5. The summed E-state index contributed by atoms with van der Waals surface area (Å²) in [6.07, 6.45) is 2.03. The van der Waals surface area contributed by atoms with E-state index < -0.39 is 0 Å². The summed E-state index contributed by atoms with van der Waals surface area (Å²) in [7, 11) is 1.66. The Morgan fingerprint density at radius 1 is 1.00 bits per heavy atom. The molecule has 3 aromatic carbocycles. The summed E-state index contributed by atoms with van der Waals surface area (Å²) in [4.78, 5) is 15.4. The van der Waals surface area contributed by atoms with Gasteiger partial charge < -0.3 is 14.2 Å². The molecule has 0 aliphatic heterocycles. The topological polar surface area (TPSA) is 34.5 Å². The highest BCUT2D eigenvalue weighted by molar-refractivity contribution is 6.30. The summed E-state index contributed by atoms with van der Waals surface area (Å²) >= 11 is 6.15. The van der Waals surface area contributed by atoms with Crippen LogP contribution in [0.5, 0.6) is 0 Å². The minimum Gasteiger partial charge on any atom is -0.383 e. The van der Waals surface area contributed by atoms with Gasteiger partial charge in [0.1, 0.15) is 0 Å². The summed E-state index contributed by atoms with van der Waals surface area (Å²) in [6.45, 7) is 2.19. The normalized spacial score (nSPS) is 11.0. The van der Waals surface area contributed by atoms with Gasteiger partial charge in [-0.15, -0.1) is 0 Å². The second-order valence-corrected chi connectivity index (χ2v) is 7.94. The van der Waals surface area contributed by atoms with Crippen LogP contribution in [0.25, 0.3) is 10.8 Å². The van der Waals surface area contributed by atoms with E-state index in [2.05, 4.69) is 16.7 Å². The molecule has 1 amide bonds. The minimum atomic E-state index is 0.00403. The molecular formula is C26H25ClN2O2. The van der Waals surface area contributed by atoms with Crippen molar-refractivity contribution in [3.63, 3.8) is 0 Å². The highest BCUT2D eigenvalue weighted by atomic mass is 35.5. The number of carbonyl (C=O) groups excluding carboxylic acids is 1. The van der Waals surface area contributed by atoms with Crippen molar-refractivity contribution in [1.82, 2.24) is 9.47 Å². The standard InChI is InChI=1S/C26H25ClN2O2/c1-31-16-15-29(26(30)25-13-5-9-21-8-2-3-12-24(21)25)19-23-11-6-14-28(23)18-20-7-4-10-22(27)17-20/h2-14,17H,15-16,18-19H2,1H3. The quantitative estimate of drug-likeness (QED) is 0.361.